The lowest BCUT2D eigenvalue weighted by atomic mass is 9.86. The van der Waals surface area contributed by atoms with Crippen LogP contribution in [0.2, 0.25) is 0 Å². The van der Waals surface area contributed by atoms with Gasteiger partial charge in [0.25, 0.3) is 5.91 Å². The summed E-state index contributed by atoms with van der Waals surface area (Å²) in [5, 5.41) is 3.11. The highest BCUT2D eigenvalue weighted by atomic mass is 16.1. The van der Waals surface area contributed by atoms with Gasteiger partial charge in [0, 0.05) is 11.7 Å². The molecule has 17 heavy (non-hydrogen) atoms. The summed E-state index contributed by atoms with van der Waals surface area (Å²) in [6.07, 6.45) is 4.82. The Bertz CT molecular complexity index is 403. The molecular weight excluding hydrogens is 212 g/mol. The molecule has 1 N–H and O–H groups in total. The summed E-state index contributed by atoms with van der Waals surface area (Å²) in [6, 6.07) is 5.87. The molecule has 0 saturated heterocycles. The minimum absolute atomic E-state index is 0.0348. The van der Waals surface area contributed by atoms with Gasteiger partial charge in [-0.1, -0.05) is 25.8 Å². The Labute approximate surface area is 103 Å². The zero-order chi connectivity index (χ0) is 12.3. The number of carbonyl (C=O) groups excluding carboxylic acids is 1. The van der Waals surface area contributed by atoms with Crippen molar-refractivity contribution in [1.82, 2.24) is 10.3 Å². The molecule has 1 amide bonds. The molecule has 0 unspecified atom stereocenters. The van der Waals surface area contributed by atoms with E-state index in [9.17, 15) is 4.79 Å². The SMILES string of the molecule is Cc1cccc(C(=O)N[C@H]2CCCC[C@@H]2C)n1. The van der Waals surface area contributed by atoms with E-state index in [1.165, 1.54) is 19.3 Å². The van der Waals surface area contributed by atoms with Crippen LogP contribution in [-0.4, -0.2) is 16.9 Å². The summed E-state index contributed by atoms with van der Waals surface area (Å²) in [5.74, 6) is 0.546. The maximum Gasteiger partial charge on any atom is 0.270 e. The highest BCUT2D eigenvalue weighted by Gasteiger charge is 2.23. The van der Waals surface area contributed by atoms with Crippen LogP contribution in [-0.2, 0) is 0 Å². The fourth-order valence-corrected chi connectivity index (χ4v) is 2.44. The van der Waals surface area contributed by atoms with Gasteiger partial charge in [-0.05, 0) is 37.8 Å². The van der Waals surface area contributed by atoms with E-state index in [1.54, 1.807) is 6.07 Å². The summed E-state index contributed by atoms with van der Waals surface area (Å²) in [4.78, 5) is 16.3. The maximum atomic E-state index is 12.0. The summed E-state index contributed by atoms with van der Waals surface area (Å²) in [6.45, 7) is 4.12. The molecule has 0 aliphatic heterocycles. The van der Waals surface area contributed by atoms with Gasteiger partial charge >= 0.3 is 0 Å². The third-order valence-corrected chi connectivity index (χ3v) is 3.55. The van der Waals surface area contributed by atoms with Gasteiger partial charge < -0.3 is 5.32 Å². The van der Waals surface area contributed by atoms with Crippen LogP contribution in [0.1, 0.15) is 48.8 Å². The summed E-state index contributed by atoms with van der Waals surface area (Å²) < 4.78 is 0. The molecule has 0 bridgehead atoms. The summed E-state index contributed by atoms with van der Waals surface area (Å²) in [7, 11) is 0. The van der Waals surface area contributed by atoms with Gasteiger partial charge in [0.05, 0.1) is 0 Å². The number of hydrogen-bond acceptors (Lipinski definition) is 2. The van der Waals surface area contributed by atoms with Gasteiger partial charge in [-0.2, -0.15) is 0 Å². The van der Waals surface area contributed by atoms with E-state index in [4.69, 9.17) is 0 Å². The number of aryl methyl sites for hydroxylation is 1. The Balaban J connectivity index is 2.01. The average molecular weight is 232 g/mol. The predicted molar refractivity (Wildman–Crippen MR) is 67.9 cm³/mol. The van der Waals surface area contributed by atoms with Gasteiger partial charge in [0.2, 0.25) is 0 Å². The second-order valence-electron chi connectivity index (χ2n) is 5.01. The molecule has 1 aromatic heterocycles. The maximum absolute atomic E-state index is 12.0. The first-order chi connectivity index (χ1) is 8.16. The molecule has 92 valence electrons. The number of aromatic nitrogens is 1. The molecule has 0 aromatic carbocycles. The van der Waals surface area contributed by atoms with Crippen LogP contribution < -0.4 is 5.32 Å². The molecular formula is C14H20N2O. The summed E-state index contributed by atoms with van der Waals surface area (Å²) in [5.41, 5.74) is 1.41. The van der Waals surface area contributed by atoms with E-state index in [1.807, 2.05) is 19.1 Å². The highest BCUT2D eigenvalue weighted by Crippen LogP contribution is 2.23. The van der Waals surface area contributed by atoms with E-state index >= 15 is 0 Å². The zero-order valence-corrected chi connectivity index (χ0v) is 10.6. The average Bonchev–Trinajstić information content (AvgIpc) is 2.32. The van der Waals surface area contributed by atoms with Gasteiger partial charge in [-0.15, -0.1) is 0 Å². The molecule has 0 spiro atoms. The van der Waals surface area contributed by atoms with E-state index in [2.05, 4.69) is 17.2 Å². The molecule has 0 radical (unpaired) electrons. The van der Waals surface area contributed by atoms with Crippen molar-refractivity contribution >= 4 is 5.91 Å². The largest absolute Gasteiger partial charge is 0.348 e. The molecule has 1 saturated carbocycles. The highest BCUT2D eigenvalue weighted by molar-refractivity contribution is 5.92. The van der Waals surface area contributed by atoms with Crippen LogP contribution in [0.15, 0.2) is 18.2 Å². The van der Waals surface area contributed by atoms with Crippen molar-refractivity contribution < 1.29 is 4.79 Å². The molecule has 2 rings (SSSR count). The van der Waals surface area contributed by atoms with E-state index in [0.717, 1.165) is 12.1 Å². The molecule has 3 heteroatoms. The molecule has 1 fully saturated rings. The van der Waals surface area contributed by atoms with Crippen molar-refractivity contribution in [1.29, 1.82) is 0 Å². The number of amides is 1. The van der Waals surface area contributed by atoms with Crippen LogP contribution in [0.25, 0.3) is 0 Å². The number of pyridine rings is 1. The Hall–Kier alpha value is -1.38. The zero-order valence-electron chi connectivity index (χ0n) is 10.6. The van der Waals surface area contributed by atoms with Gasteiger partial charge in [0.1, 0.15) is 5.69 Å². The van der Waals surface area contributed by atoms with Crippen LogP contribution in [0.5, 0.6) is 0 Å². The third-order valence-electron chi connectivity index (χ3n) is 3.55. The molecule has 1 aromatic rings. The monoisotopic (exact) mass is 232 g/mol. The number of nitrogens with zero attached hydrogens (tertiary/aromatic N) is 1. The Morgan fingerprint density at radius 3 is 2.82 bits per heavy atom. The van der Waals surface area contributed by atoms with Crippen LogP contribution in [0, 0.1) is 12.8 Å². The Morgan fingerprint density at radius 1 is 1.35 bits per heavy atom. The second kappa shape index (κ2) is 5.30. The van der Waals surface area contributed by atoms with Gasteiger partial charge in [-0.3, -0.25) is 4.79 Å². The number of hydrogen-bond donors (Lipinski definition) is 1. The van der Waals surface area contributed by atoms with E-state index in [0.29, 0.717) is 17.7 Å². The summed E-state index contributed by atoms with van der Waals surface area (Å²) >= 11 is 0. The smallest absolute Gasteiger partial charge is 0.270 e. The van der Waals surface area contributed by atoms with Crippen molar-refractivity contribution in [2.75, 3.05) is 0 Å². The fourth-order valence-electron chi connectivity index (χ4n) is 2.44. The van der Waals surface area contributed by atoms with Crippen LogP contribution in [0.4, 0.5) is 0 Å². The molecule has 3 nitrogen and oxygen atoms in total. The van der Waals surface area contributed by atoms with Crippen molar-refractivity contribution in [3.8, 4) is 0 Å². The molecule has 1 aliphatic rings. The lowest BCUT2D eigenvalue weighted by Crippen LogP contribution is -2.41. The van der Waals surface area contributed by atoms with Crippen LogP contribution in [0.3, 0.4) is 0 Å². The van der Waals surface area contributed by atoms with Gasteiger partial charge in [0.15, 0.2) is 0 Å². The quantitative estimate of drug-likeness (QED) is 0.851. The van der Waals surface area contributed by atoms with E-state index in [-0.39, 0.29) is 5.91 Å². The second-order valence-corrected chi connectivity index (χ2v) is 5.01. The van der Waals surface area contributed by atoms with Gasteiger partial charge in [-0.25, -0.2) is 4.98 Å². The Morgan fingerprint density at radius 2 is 2.12 bits per heavy atom. The number of nitrogens with one attached hydrogen (secondary N) is 1. The molecule has 1 heterocycles. The molecule has 1 aliphatic carbocycles. The molecule has 2 atom stereocenters. The van der Waals surface area contributed by atoms with Crippen molar-refractivity contribution in [3.05, 3.63) is 29.6 Å². The number of rotatable bonds is 2. The van der Waals surface area contributed by atoms with Crippen molar-refractivity contribution in [2.45, 2.75) is 45.6 Å². The van der Waals surface area contributed by atoms with E-state index < -0.39 is 0 Å². The van der Waals surface area contributed by atoms with Crippen molar-refractivity contribution in [2.24, 2.45) is 5.92 Å². The first-order valence-electron chi connectivity index (χ1n) is 6.41. The predicted octanol–water partition coefficient (Wildman–Crippen LogP) is 2.70. The number of carbonyl (C=O) groups is 1. The first-order valence-corrected chi connectivity index (χ1v) is 6.41. The lowest BCUT2D eigenvalue weighted by Gasteiger charge is -2.29. The topological polar surface area (TPSA) is 42.0 Å². The lowest BCUT2D eigenvalue weighted by molar-refractivity contribution is 0.0905. The fraction of sp³-hybridized carbons (Fsp3) is 0.571. The minimum Gasteiger partial charge on any atom is -0.348 e. The Kier molecular flexibility index (Phi) is 3.77. The van der Waals surface area contributed by atoms with Crippen molar-refractivity contribution in [3.63, 3.8) is 0 Å². The normalized spacial score (nSPS) is 24.4. The minimum atomic E-state index is -0.0348. The standard InChI is InChI=1S/C14H20N2O/c1-10-6-3-4-8-12(10)16-14(17)13-9-5-7-11(2)15-13/h5,7,9-10,12H,3-4,6,8H2,1-2H3,(H,16,17)/t10-,12-/m0/s1. The first kappa shape index (κ1) is 12.1. The van der Waals surface area contributed by atoms with Crippen LogP contribution >= 0.6 is 0 Å². The third kappa shape index (κ3) is 3.05.